The van der Waals surface area contributed by atoms with Crippen LogP contribution in [0.2, 0.25) is 0 Å². The third-order valence-corrected chi connectivity index (χ3v) is 5.46. The van der Waals surface area contributed by atoms with Crippen molar-refractivity contribution >= 4 is 17.4 Å². The zero-order chi connectivity index (χ0) is 22.9. The monoisotopic (exact) mass is 430 g/mol. The highest BCUT2D eigenvalue weighted by atomic mass is 16.5. The molecule has 2 aromatic carbocycles. The number of aromatic nitrogens is 1. The molecular formula is C27H30N2O3. The van der Waals surface area contributed by atoms with Gasteiger partial charge in [-0.2, -0.15) is 0 Å². The molecule has 0 bridgehead atoms. The van der Waals surface area contributed by atoms with Crippen LogP contribution < -0.4 is 4.90 Å². The van der Waals surface area contributed by atoms with Gasteiger partial charge in [0.15, 0.2) is 5.78 Å². The van der Waals surface area contributed by atoms with E-state index in [1.165, 1.54) is 0 Å². The van der Waals surface area contributed by atoms with Gasteiger partial charge in [0, 0.05) is 49.6 Å². The van der Waals surface area contributed by atoms with Gasteiger partial charge in [-0.1, -0.05) is 49.4 Å². The largest absolute Gasteiger partial charge is 0.383 e. The minimum absolute atomic E-state index is 0.0686. The molecule has 0 N–H and O–H groups in total. The fourth-order valence-corrected chi connectivity index (χ4v) is 3.50. The van der Waals surface area contributed by atoms with Gasteiger partial charge in [0.2, 0.25) is 5.91 Å². The van der Waals surface area contributed by atoms with Crippen LogP contribution in [0.25, 0.3) is 11.1 Å². The molecule has 0 unspecified atom stereocenters. The van der Waals surface area contributed by atoms with E-state index < -0.39 is 0 Å². The first-order chi connectivity index (χ1) is 15.5. The Morgan fingerprint density at radius 2 is 1.59 bits per heavy atom. The van der Waals surface area contributed by atoms with Crippen molar-refractivity contribution in [2.24, 2.45) is 0 Å². The molecule has 5 heteroatoms. The van der Waals surface area contributed by atoms with E-state index in [1.807, 2.05) is 80.7 Å². The second-order valence-corrected chi connectivity index (χ2v) is 7.75. The highest BCUT2D eigenvalue weighted by Gasteiger charge is 2.14. The molecule has 5 nitrogen and oxygen atoms in total. The van der Waals surface area contributed by atoms with Crippen LogP contribution in [0.4, 0.5) is 5.69 Å². The molecule has 0 aliphatic carbocycles. The van der Waals surface area contributed by atoms with Gasteiger partial charge in [0.25, 0.3) is 0 Å². The maximum Gasteiger partial charge on any atom is 0.226 e. The number of hydrogen-bond acceptors (Lipinski definition) is 4. The van der Waals surface area contributed by atoms with E-state index in [-0.39, 0.29) is 11.7 Å². The fraction of sp³-hybridized carbons (Fsp3) is 0.296. The van der Waals surface area contributed by atoms with E-state index in [1.54, 1.807) is 12.0 Å². The van der Waals surface area contributed by atoms with Gasteiger partial charge in [-0.3, -0.25) is 14.6 Å². The normalized spacial score (nSPS) is 10.7. The second-order valence-electron chi connectivity index (χ2n) is 7.75. The van der Waals surface area contributed by atoms with Crippen molar-refractivity contribution in [2.75, 3.05) is 25.2 Å². The quantitative estimate of drug-likeness (QED) is 0.412. The molecule has 166 valence electrons. The van der Waals surface area contributed by atoms with Crippen molar-refractivity contribution in [3.63, 3.8) is 0 Å². The zero-order valence-electron chi connectivity index (χ0n) is 19.0. The molecule has 1 aromatic heterocycles. The summed E-state index contributed by atoms with van der Waals surface area (Å²) >= 11 is 0. The molecule has 0 fully saturated rings. The van der Waals surface area contributed by atoms with Gasteiger partial charge in [-0.25, -0.2) is 0 Å². The maximum atomic E-state index is 12.6. The van der Waals surface area contributed by atoms with E-state index in [9.17, 15) is 9.59 Å². The number of amides is 1. The fourth-order valence-electron chi connectivity index (χ4n) is 3.50. The van der Waals surface area contributed by atoms with Gasteiger partial charge in [-0.15, -0.1) is 0 Å². The van der Waals surface area contributed by atoms with Gasteiger partial charge in [0.1, 0.15) is 0 Å². The second kappa shape index (κ2) is 11.3. The Morgan fingerprint density at radius 3 is 2.16 bits per heavy atom. The van der Waals surface area contributed by atoms with Crippen molar-refractivity contribution in [3.8, 4) is 11.1 Å². The summed E-state index contributed by atoms with van der Waals surface area (Å²) in [5.41, 5.74) is 5.68. The van der Waals surface area contributed by atoms with Crippen molar-refractivity contribution < 1.29 is 14.3 Å². The Hall–Kier alpha value is -3.31. The minimum Gasteiger partial charge on any atom is -0.383 e. The van der Waals surface area contributed by atoms with Crippen molar-refractivity contribution in [1.29, 1.82) is 0 Å². The molecule has 0 aliphatic rings. The summed E-state index contributed by atoms with van der Waals surface area (Å²) in [5.74, 6) is 0.193. The number of aryl methyl sites for hydroxylation is 2. The molecule has 3 aromatic rings. The Morgan fingerprint density at radius 1 is 0.938 bits per heavy atom. The van der Waals surface area contributed by atoms with Crippen molar-refractivity contribution in [3.05, 3.63) is 83.7 Å². The standard InChI is InChI=1S/C27H30N2O3/c1-4-27(31)29(17-18-32-3)25-14-12-23(13-15-25)22-8-10-24(11-9-22)26(30)16-7-21-6-5-20(2)28-19-21/h5-6,8-15,19H,4,7,16-18H2,1-3H3. The molecule has 1 heterocycles. The molecule has 0 atom stereocenters. The van der Waals surface area contributed by atoms with Crippen LogP contribution in [-0.4, -0.2) is 36.9 Å². The average Bonchev–Trinajstić information content (AvgIpc) is 2.84. The summed E-state index contributed by atoms with van der Waals surface area (Å²) in [6.45, 7) is 4.82. The first-order valence-electron chi connectivity index (χ1n) is 11.0. The molecule has 0 saturated carbocycles. The number of carbonyl (C=O) groups is 2. The van der Waals surface area contributed by atoms with E-state index in [0.717, 1.165) is 28.1 Å². The smallest absolute Gasteiger partial charge is 0.226 e. The van der Waals surface area contributed by atoms with Gasteiger partial charge in [0.05, 0.1) is 6.61 Å². The van der Waals surface area contributed by atoms with E-state index >= 15 is 0 Å². The number of ketones is 1. The van der Waals surface area contributed by atoms with Crippen LogP contribution in [0.15, 0.2) is 66.9 Å². The first-order valence-corrected chi connectivity index (χ1v) is 11.0. The summed E-state index contributed by atoms with van der Waals surface area (Å²) in [7, 11) is 1.63. The van der Waals surface area contributed by atoms with E-state index in [0.29, 0.717) is 38.0 Å². The SMILES string of the molecule is CCC(=O)N(CCOC)c1ccc(-c2ccc(C(=O)CCc3ccc(C)nc3)cc2)cc1. The van der Waals surface area contributed by atoms with Gasteiger partial charge >= 0.3 is 0 Å². The molecule has 1 amide bonds. The molecule has 0 radical (unpaired) electrons. The third kappa shape index (κ3) is 6.11. The zero-order valence-corrected chi connectivity index (χ0v) is 19.0. The van der Waals surface area contributed by atoms with Crippen LogP contribution in [0.5, 0.6) is 0 Å². The van der Waals surface area contributed by atoms with Crippen molar-refractivity contribution in [2.45, 2.75) is 33.1 Å². The number of Topliss-reactive ketones (excluding diaryl/α,β-unsaturated/α-hetero) is 1. The highest BCUT2D eigenvalue weighted by Crippen LogP contribution is 2.24. The first kappa shape index (κ1) is 23.4. The van der Waals surface area contributed by atoms with Crippen molar-refractivity contribution in [1.82, 2.24) is 4.98 Å². The number of carbonyl (C=O) groups excluding carboxylic acids is 2. The number of benzene rings is 2. The number of ether oxygens (including phenoxy) is 1. The maximum absolute atomic E-state index is 12.6. The summed E-state index contributed by atoms with van der Waals surface area (Å²) < 4.78 is 5.13. The predicted molar refractivity (Wildman–Crippen MR) is 128 cm³/mol. The third-order valence-electron chi connectivity index (χ3n) is 5.46. The lowest BCUT2D eigenvalue weighted by atomic mass is 9.99. The van der Waals surface area contributed by atoms with Gasteiger partial charge < -0.3 is 9.64 Å². The lowest BCUT2D eigenvalue weighted by molar-refractivity contribution is -0.118. The molecule has 0 saturated heterocycles. The molecule has 0 aliphatic heterocycles. The molecule has 32 heavy (non-hydrogen) atoms. The lowest BCUT2D eigenvalue weighted by Gasteiger charge is -2.22. The summed E-state index contributed by atoms with van der Waals surface area (Å²) in [5, 5.41) is 0. The molecule has 3 rings (SSSR count). The van der Waals surface area contributed by atoms with Crippen LogP contribution in [0.3, 0.4) is 0 Å². The van der Waals surface area contributed by atoms with E-state index in [2.05, 4.69) is 4.98 Å². The number of hydrogen-bond donors (Lipinski definition) is 0. The Labute approximate surface area is 190 Å². The predicted octanol–water partition coefficient (Wildman–Crippen LogP) is 5.26. The average molecular weight is 431 g/mol. The summed E-state index contributed by atoms with van der Waals surface area (Å²) in [6.07, 6.45) is 3.42. The Kier molecular flexibility index (Phi) is 8.28. The number of methoxy groups -OCH3 is 1. The number of rotatable bonds is 10. The van der Waals surface area contributed by atoms with E-state index in [4.69, 9.17) is 4.74 Å². The van der Waals surface area contributed by atoms with Crippen LogP contribution in [-0.2, 0) is 16.0 Å². The Balaban J connectivity index is 1.65. The molecular weight excluding hydrogens is 400 g/mol. The minimum atomic E-state index is 0.0686. The lowest BCUT2D eigenvalue weighted by Crippen LogP contribution is -2.33. The Bertz CT molecular complexity index is 1030. The summed E-state index contributed by atoms with van der Waals surface area (Å²) in [6, 6.07) is 19.6. The molecule has 0 spiro atoms. The van der Waals surface area contributed by atoms with Crippen LogP contribution >= 0.6 is 0 Å². The number of pyridine rings is 1. The van der Waals surface area contributed by atoms with Crippen LogP contribution in [0, 0.1) is 6.92 Å². The topological polar surface area (TPSA) is 59.5 Å². The van der Waals surface area contributed by atoms with Gasteiger partial charge in [-0.05, 0) is 48.2 Å². The highest BCUT2D eigenvalue weighted by molar-refractivity contribution is 5.96. The number of nitrogens with zero attached hydrogens (tertiary/aromatic N) is 2. The number of anilines is 1. The van der Waals surface area contributed by atoms with Crippen LogP contribution in [0.1, 0.15) is 41.4 Å². The summed E-state index contributed by atoms with van der Waals surface area (Å²) in [4.78, 5) is 30.9.